The molecular formula is C17H22N2O3S2. The van der Waals surface area contributed by atoms with Gasteiger partial charge in [-0.2, -0.15) is 11.8 Å². The molecule has 0 aromatic heterocycles. The Balaban J connectivity index is 1.73. The van der Waals surface area contributed by atoms with Gasteiger partial charge in [0.15, 0.2) is 0 Å². The minimum Gasteiger partial charge on any atom is -0.300 e. The Morgan fingerprint density at radius 1 is 1.17 bits per heavy atom. The van der Waals surface area contributed by atoms with Gasteiger partial charge in [-0.15, -0.1) is 0 Å². The Bertz CT molecular complexity index is 698. The molecule has 2 fully saturated rings. The number of carbonyl (C=O) groups is 1. The number of benzene rings is 1. The van der Waals surface area contributed by atoms with E-state index in [1.807, 2.05) is 42.1 Å². The van der Waals surface area contributed by atoms with Gasteiger partial charge >= 0.3 is 0 Å². The molecule has 3 rings (SSSR count). The maximum Gasteiger partial charge on any atom is 0.259 e. The largest absolute Gasteiger partial charge is 0.300 e. The highest BCUT2D eigenvalue weighted by Crippen LogP contribution is 2.25. The van der Waals surface area contributed by atoms with E-state index in [-0.39, 0.29) is 11.9 Å². The SMILES string of the molecule is O=C1CC[C@@H](CN2CCSCC2)N1S(=O)(=O)C=Cc1ccccc1. The third-order valence-corrected chi connectivity index (χ3v) is 6.82. The van der Waals surface area contributed by atoms with Gasteiger partial charge in [0, 0.05) is 37.6 Å². The van der Waals surface area contributed by atoms with Crippen molar-refractivity contribution in [1.29, 1.82) is 0 Å². The third kappa shape index (κ3) is 4.20. The van der Waals surface area contributed by atoms with Gasteiger partial charge in [-0.1, -0.05) is 30.3 Å². The Hall–Kier alpha value is -1.31. The lowest BCUT2D eigenvalue weighted by atomic mass is 10.2. The number of rotatable bonds is 5. The molecule has 2 aliphatic rings. The van der Waals surface area contributed by atoms with Crippen molar-refractivity contribution in [3.8, 4) is 0 Å². The van der Waals surface area contributed by atoms with Gasteiger partial charge in [-0.05, 0) is 18.1 Å². The summed E-state index contributed by atoms with van der Waals surface area (Å²) in [6.45, 7) is 2.57. The molecule has 1 aromatic rings. The van der Waals surface area contributed by atoms with Gasteiger partial charge in [-0.25, -0.2) is 12.7 Å². The van der Waals surface area contributed by atoms with Crippen LogP contribution in [0.25, 0.3) is 6.08 Å². The standard InChI is InChI=1S/C17H22N2O3S2/c20-17-7-6-16(14-18-9-11-23-12-10-18)19(17)24(21,22)13-8-15-4-2-1-3-5-15/h1-5,8,13,16H,6-7,9-12,14H2/t16-/m0/s1. The van der Waals surface area contributed by atoms with Crippen LogP contribution in [-0.4, -0.2) is 60.7 Å². The number of amides is 1. The average Bonchev–Trinajstić information content (AvgIpc) is 2.96. The van der Waals surface area contributed by atoms with E-state index in [2.05, 4.69) is 4.90 Å². The molecule has 7 heteroatoms. The van der Waals surface area contributed by atoms with Crippen LogP contribution >= 0.6 is 11.8 Å². The van der Waals surface area contributed by atoms with Gasteiger partial charge in [0.1, 0.15) is 0 Å². The monoisotopic (exact) mass is 366 g/mol. The average molecular weight is 367 g/mol. The predicted octanol–water partition coefficient (Wildman–Crippen LogP) is 2.03. The number of thioether (sulfide) groups is 1. The first-order valence-electron chi connectivity index (χ1n) is 8.17. The fourth-order valence-corrected chi connectivity index (χ4v) is 5.51. The zero-order valence-corrected chi connectivity index (χ0v) is 15.1. The third-order valence-electron chi connectivity index (χ3n) is 4.35. The van der Waals surface area contributed by atoms with Crippen LogP contribution in [0.2, 0.25) is 0 Å². The molecule has 2 saturated heterocycles. The van der Waals surface area contributed by atoms with E-state index in [0.29, 0.717) is 19.4 Å². The molecule has 2 heterocycles. The molecule has 0 spiro atoms. The van der Waals surface area contributed by atoms with E-state index in [9.17, 15) is 13.2 Å². The number of sulfonamides is 1. The van der Waals surface area contributed by atoms with Crippen molar-refractivity contribution in [1.82, 2.24) is 9.21 Å². The molecule has 1 aromatic carbocycles. The van der Waals surface area contributed by atoms with Crippen molar-refractivity contribution in [2.75, 3.05) is 31.1 Å². The van der Waals surface area contributed by atoms with Crippen LogP contribution in [0.4, 0.5) is 0 Å². The van der Waals surface area contributed by atoms with E-state index in [0.717, 1.165) is 39.9 Å². The fourth-order valence-electron chi connectivity index (χ4n) is 3.11. The summed E-state index contributed by atoms with van der Waals surface area (Å²) in [6.07, 6.45) is 2.47. The molecule has 5 nitrogen and oxygen atoms in total. The number of hydrogen-bond acceptors (Lipinski definition) is 5. The summed E-state index contributed by atoms with van der Waals surface area (Å²) in [5, 5.41) is 1.16. The van der Waals surface area contributed by atoms with E-state index in [4.69, 9.17) is 0 Å². The molecular weight excluding hydrogens is 344 g/mol. The summed E-state index contributed by atoms with van der Waals surface area (Å²) in [7, 11) is -3.74. The highest BCUT2D eigenvalue weighted by atomic mass is 32.2. The maximum absolute atomic E-state index is 12.7. The normalized spacial score (nSPS) is 23.2. The smallest absolute Gasteiger partial charge is 0.259 e. The van der Waals surface area contributed by atoms with Gasteiger partial charge < -0.3 is 0 Å². The lowest BCUT2D eigenvalue weighted by Crippen LogP contribution is -2.46. The summed E-state index contributed by atoms with van der Waals surface area (Å²) in [6, 6.07) is 9.00. The molecule has 24 heavy (non-hydrogen) atoms. The van der Waals surface area contributed by atoms with Crippen molar-refractivity contribution < 1.29 is 13.2 Å². The highest BCUT2D eigenvalue weighted by Gasteiger charge is 2.39. The van der Waals surface area contributed by atoms with Crippen molar-refractivity contribution in [2.45, 2.75) is 18.9 Å². The first-order chi connectivity index (χ1) is 11.6. The second kappa shape index (κ2) is 7.72. The first-order valence-corrected chi connectivity index (χ1v) is 10.8. The second-order valence-corrected chi connectivity index (χ2v) is 8.97. The Morgan fingerprint density at radius 2 is 1.88 bits per heavy atom. The van der Waals surface area contributed by atoms with Crippen molar-refractivity contribution in [3.05, 3.63) is 41.3 Å². The molecule has 0 saturated carbocycles. The first kappa shape index (κ1) is 17.5. The predicted molar refractivity (Wildman–Crippen MR) is 98.0 cm³/mol. The minimum atomic E-state index is -3.74. The van der Waals surface area contributed by atoms with Crippen molar-refractivity contribution in [3.63, 3.8) is 0 Å². The summed E-state index contributed by atoms with van der Waals surface area (Å²) in [5.74, 6) is 1.85. The van der Waals surface area contributed by atoms with Crippen LogP contribution < -0.4 is 0 Å². The van der Waals surface area contributed by atoms with Crippen LogP contribution in [-0.2, 0) is 14.8 Å². The van der Waals surface area contributed by atoms with Crippen LogP contribution in [0, 0.1) is 0 Å². The zero-order valence-electron chi connectivity index (χ0n) is 13.5. The Kier molecular flexibility index (Phi) is 5.63. The van der Waals surface area contributed by atoms with E-state index in [1.165, 1.54) is 0 Å². The number of carbonyl (C=O) groups excluding carboxylic acids is 1. The van der Waals surface area contributed by atoms with Gasteiger partial charge in [0.25, 0.3) is 10.0 Å². The lowest BCUT2D eigenvalue weighted by Gasteiger charge is -2.31. The molecule has 1 amide bonds. The van der Waals surface area contributed by atoms with Crippen LogP contribution in [0.5, 0.6) is 0 Å². The van der Waals surface area contributed by atoms with Crippen LogP contribution in [0.3, 0.4) is 0 Å². The number of hydrogen-bond donors (Lipinski definition) is 0. The second-order valence-electron chi connectivity index (χ2n) is 6.05. The topological polar surface area (TPSA) is 57.7 Å². The van der Waals surface area contributed by atoms with Crippen LogP contribution in [0.15, 0.2) is 35.7 Å². The molecule has 0 N–H and O–H groups in total. The fraction of sp³-hybridized carbons (Fsp3) is 0.471. The summed E-state index contributed by atoms with van der Waals surface area (Å²) in [5.41, 5.74) is 0.803. The molecule has 2 aliphatic heterocycles. The molecule has 0 radical (unpaired) electrons. The minimum absolute atomic E-state index is 0.244. The quantitative estimate of drug-likeness (QED) is 0.798. The summed E-state index contributed by atoms with van der Waals surface area (Å²) >= 11 is 1.92. The molecule has 0 bridgehead atoms. The van der Waals surface area contributed by atoms with E-state index >= 15 is 0 Å². The van der Waals surface area contributed by atoms with Crippen molar-refractivity contribution in [2.24, 2.45) is 0 Å². The summed E-state index contributed by atoms with van der Waals surface area (Å²) in [4.78, 5) is 14.4. The Labute approximate surface area is 147 Å². The molecule has 0 unspecified atom stereocenters. The maximum atomic E-state index is 12.7. The van der Waals surface area contributed by atoms with E-state index < -0.39 is 10.0 Å². The van der Waals surface area contributed by atoms with Gasteiger partial charge in [-0.3, -0.25) is 9.69 Å². The zero-order chi connectivity index (χ0) is 17.0. The molecule has 130 valence electrons. The van der Waals surface area contributed by atoms with Gasteiger partial charge in [0.2, 0.25) is 5.91 Å². The highest BCUT2D eigenvalue weighted by molar-refractivity contribution is 7.99. The number of nitrogens with zero attached hydrogens (tertiary/aromatic N) is 2. The lowest BCUT2D eigenvalue weighted by molar-refractivity contribution is -0.124. The van der Waals surface area contributed by atoms with Crippen LogP contribution in [0.1, 0.15) is 18.4 Å². The van der Waals surface area contributed by atoms with E-state index in [1.54, 1.807) is 6.08 Å². The van der Waals surface area contributed by atoms with Crippen molar-refractivity contribution >= 4 is 33.8 Å². The summed E-state index contributed by atoms with van der Waals surface area (Å²) < 4.78 is 26.4. The molecule has 1 atom stereocenters. The molecule has 0 aliphatic carbocycles. The van der Waals surface area contributed by atoms with Gasteiger partial charge in [0.05, 0.1) is 11.4 Å². The Morgan fingerprint density at radius 3 is 2.58 bits per heavy atom.